The Kier molecular flexibility index (Phi) is 8.32. The number of halogens is 1. The molecule has 210 valence electrons. The minimum Gasteiger partial charge on any atom is -0.489 e. The lowest BCUT2D eigenvalue weighted by Gasteiger charge is -2.24. The Bertz CT molecular complexity index is 1940. The number of thiophene rings is 1. The van der Waals surface area contributed by atoms with Gasteiger partial charge in [0.1, 0.15) is 18.4 Å². The van der Waals surface area contributed by atoms with Crippen LogP contribution in [-0.4, -0.2) is 17.1 Å². The Morgan fingerprint density at radius 1 is 1.02 bits per heavy atom. The number of benzene rings is 3. The third-order valence-corrected chi connectivity index (χ3v) is 9.10. The summed E-state index contributed by atoms with van der Waals surface area (Å²) in [4.78, 5) is 33.7. The van der Waals surface area contributed by atoms with Crippen LogP contribution in [0.5, 0.6) is 5.75 Å². The first-order valence-electron chi connectivity index (χ1n) is 13.3. The molecular weight excluding hydrogens is 632 g/mol. The molecule has 6 rings (SSSR count). The maximum Gasteiger partial charge on any atom is 0.338 e. The summed E-state index contributed by atoms with van der Waals surface area (Å²) in [7, 11) is 0. The highest BCUT2D eigenvalue weighted by Gasteiger charge is 2.35. The van der Waals surface area contributed by atoms with E-state index in [2.05, 4.69) is 15.9 Å². The largest absolute Gasteiger partial charge is 0.489 e. The number of rotatable bonds is 8. The molecule has 0 spiro atoms. The second kappa shape index (κ2) is 12.4. The normalized spacial score (nSPS) is 14.8. The van der Waals surface area contributed by atoms with Gasteiger partial charge in [-0.1, -0.05) is 87.9 Å². The van der Waals surface area contributed by atoms with E-state index < -0.39 is 12.0 Å². The van der Waals surface area contributed by atoms with Gasteiger partial charge in [0.25, 0.3) is 5.56 Å². The molecule has 3 aromatic carbocycles. The Morgan fingerprint density at radius 3 is 2.57 bits per heavy atom. The number of carbonyl (C=O) groups is 1. The smallest absolute Gasteiger partial charge is 0.338 e. The van der Waals surface area contributed by atoms with E-state index >= 15 is 0 Å². The highest BCUT2D eigenvalue weighted by Crippen LogP contribution is 2.36. The highest BCUT2D eigenvalue weighted by molar-refractivity contribution is 9.10. The molecule has 42 heavy (non-hydrogen) atoms. The molecule has 1 atom stereocenters. The fourth-order valence-electron chi connectivity index (χ4n) is 4.75. The first-order chi connectivity index (χ1) is 20.5. The molecule has 0 radical (unpaired) electrons. The van der Waals surface area contributed by atoms with Gasteiger partial charge in [-0.2, -0.15) is 0 Å². The minimum atomic E-state index is -0.654. The van der Waals surface area contributed by atoms with Crippen LogP contribution < -0.4 is 19.6 Å². The van der Waals surface area contributed by atoms with Crippen molar-refractivity contribution in [3.05, 3.63) is 148 Å². The van der Waals surface area contributed by atoms with Crippen LogP contribution in [0.2, 0.25) is 0 Å². The van der Waals surface area contributed by atoms with Gasteiger partial charge in [0.15, 0.2) is 4.80 Å². The molecule has 9 heteroatoms. The summed E-state index contributed by atoms with van der Waals surface area (Å²) in [5.74, 6) is 0.218. The predicted molar refractivity (Wildman–Crippen MR) is 170 cm³/mol. The topological polar surface area (TPSA) is 69.9 Å². The van der Waals surface area contributed by atoms with Gasteiger partial charge >= 0.3 is 5.97 Å². The molecule has 0 unspecified atom stereocenters. The number of aromatic nitrogens is 1. The van der Waals surface area contributed by atoms with Gasteiger partial charge in [-0.3, -0.25) is 9.36 Å². The molecule has 0 amide bonds. The maximum absolute atomic E-state index is 14.0. The number of hydrogen-bond donors (Lipinski definition) is 0. The number of carbonyl (C=O) groups excluding carboxylic acids is 1. The van der Waals surface area contributed by atoms with E-state index in [1.54, 1.807) is 11.5 Å². The van der Waals surface area contributed by atoms with E-state index in [9.17, 15) is 9.59 Å². The third-order valence-electron chi connectivity index (χ3n) is 6.66. The van der Waals surface area contributed by atoms with Gasteiger partial charge in [-0.15, -0.1) is 11.3 Å². The van der Waals surface area contributed by atoms with Crippen molar-refractivity contribution in [2.45, 2.75) is 19.6 Å². The summed E-state index contributed by atoms with van der Waals surface area (Å²) in [6.07, 6.45) is 1.85. The van der Waals surface area contributed by atoms with Gasteiger partial charge < -0.3 is 9.47 Å². The fourth-order valence-corrected chi connectivity index (χ4v) is 6.84. The average Bonchev–Trinajstić information content (AvgIpc) is 3.65. The predicted octanol–water partition coefficient (Wildman–Crippen LogP) is 6.34. The number of fused-ring (bicyclic) bond motifs is 1. The lowest BCUT2D eigenvalue weighted by molar-refractivity contribution is -0.138. The van der Waals surface area contributed by atoms with E-state index in [-0.39, 0.29) is 12.2 Å². The van der Waals surface area contributed by atoms with Gasteiger partial charge in [-0.05, 0) is 59.8 Å². The Balaban J connectivity index is 1.44. The number of ether oxygens (including phenoxy) is 2. The zero-order valence-electron chi connectivity index (χ0n) is 22.5. The molecule has 6 nitrogen and oxygen atoms in total. The number of hydrogen-bond acceptors (Lipinski definition) is 7. The first kappa shape index (κ1) is 28.1. The molecule has 2 aromatic heterocycles. The first-order valence-corrected chi connectivity index (χ1v) is 15.8. The zero-order valence-corrected chi connectivity index (χ0v) is 25.7. The Labute approximate surface area is 258 Å². The van der Waals surface area contributed by atoms with Crippen molar-refractivity contribution in [1.29, 1.82) is 0 Å². The monoisotopic (exact) mass is 656 g/mol. The average molecular weight is 658 g/mol. The van der Waals surface area contributed by atoms with E-state index in [0.29, 0.717) is 33.0 Å². The third kappa shape index (κ3) is 5.81. The van der Waals surface area contributed by atoms with Crippen LogP contribution in [0, 0.1) is 0 Å². The molecule has 1 aliphatic rings. The standard InChI is InChI=1S/C33H25BrN2O4S2/c1-2-39-32(38)28-29(23-9-4-3-5-10-23)35-33-36(30(28)26-12-7-17-41-26)31(37)27(42-33)19-22-8-6-11-25(18-22)40-20-21-13-15-24(34)16-14-21/h3-19,30H,2,20H2,1H3/b27-19-/t30-/m1/s1. The van der Waals surface area contributed by atoms with Crippen LogP contribution in [0.4, 0.5) is 0 Å². The maximum atomic E-state index is 14.0. The minimum absolute atomic E-state index is 0.214. The number of esters is 1. The Morgan fingerprint density at radius 2 is 1.83 bits per heavy atom. The number of nitrogens with zero attached hydrogens (tertiary/aromatic N) is 2. The molecule has 5 aromatic rings. The summed E-state index contributed by atoms with van der Waals surface area (Å²) < 4.78 is 14.7. The van der Waals surface area contributed by atoms with Gasteiger partial charge in [0.05, 0.1) is 22.4 Å². The molecule has 1 aliphatic heterocycles. The zero-order chi connectivity index (χ0) is 29.1. The summed E-state index contributed by atoms with van der Waals surface area (Å²) in [5.41, 5.74) is 3.32. The lowest BCUT2D eigenvalue weighted by atomic mass is 9.97. The van der Waals surface area contributed by atoms with Crippen LogP contribution >= 0.6 is 38.6 Å². The van der Waals surface area contributed by atoms with E-state index in [1.807, 2.05) is 102 Å². The van der Waals surface area contributed by atoms with Crippen LogP contribution in [-0.2, 0) is 16.1 Å². The molecule has 0 bridgehead atoms. The van der Waals surface area contributed by atoms with Crippen molar-refractivity contribution in [1.82, 2.24) is 4.57 Å². The fraction of sp³-hybridized carbons (Fsp3) is 0.121. The molecular formula is C33H25BrN2O4S2. The number of thiazole rings is 1. The van der Waals surface area contributed by atoms with Crippen molar-refractivity contribution >= 4 is 56.3 Å². The molecule has 0 N–H and O–H groups in total. The van der Waals surface area contributed by atoms with Crippen LogP contribution in [0.25, 0.3) is 11.8 Å². The van der Waals surface area contributed by atoms with Gasteiger partial charge in [0, 0.05) is 14.9 Å². The SMILES string of the molecule is CCOC(=O)C1=C(c2ccccc2)N=c2s/c(=C\c3cccc(OCc4ccc(Br)cc4)c3)c(=O)n2[C@@H]1c1cccs1. The lowest BCUT2D eigenvalue weighted by Crippen LogP contribution is -2.39. The summed E-state index contributed by atoms with van der Waals surface area (Å²) >= 11 is 6.25. The second-order valence-corrected chi connectivity index (χ2v) is 12.3. The molecule has 0 fully saturated rings. The van der Waals surface area contributed by atoms with Crippen molar-refractivity contribution in [2.75, 3.05) is 6.61 Å². The molecule has 0 aliphatic carbocycles. The van der Waals surface area contributed by atoms with Gasteiger partial charge in [0.2, 0.25) is 0 Å². The summed E-state index contributed by atoms with van der Waals surface area (Å²) in [6, 6.07) is 28.4. The molecule has 0 saturated carbocycles. The highest BCUT2D eigenvalue weighted by atomic mass is 79.9. The van der Waals surface area contributed by atoms with Crippen LogP contribution in [0.15, 0.2) is 116 Å². The second-order valence-electron chi connectivity index (χ2n) is 9.43. The Hall–Kier alpha value is -4.05. The van der Waals surface area contributed by atoms with Crippen molar-refractivity contribution < 1.29 is 14.3 Å². The van der Waals surface area contributed by atoms with Crippen molar-refractivity contribution in [2.24, 2.45) is 4.99 Å². The van der Waals surface area contributed by atoms with E-state index in [0.717, 1.165) is 26.0 Å². The van der Waals surface area contributed by atoms with Crippen molar-refractivity contribution in [3.8, 4) is 5.75 Å². The van der Waals surface area contributed by atoms with Gasteiger partial charge in [-0.25, -0.2) is 9.79 Å². The van der Waals surface area contributed by atoms with E-state index in [4.69, 9.17) is 14.5 Å². The van der Waals surface area contributed by atoms with Crippen LogP contribution in [0.1, 0.15) is 34.5 Å². The van der Waals surface area contributed by atoms with E-state index in [1.165, 1.54) is 22.7 Å². The van der Waals surface area contributed by atoms with Crippen LogP contribution in [0.3, 0.4) is 0 Å². The van der Waals surface area contributed by atoms with Crippen molar-refractivity contribution in [3.63, 3.8) is 0 Å². The summed E-state index contributed by atoms with van der Waals surface area (Å²) in [5, 5.41) is 1.94. The summed E-state index contributed by atoms with van der Waals surface area (Å²) in [6.45, 7) is 2.41. The molecule has 0 saturated heterocycles. The molecule has 3 heterocycles. The quantitative estimate of drug-likeness (QED) is 0.183.